The number of amides is 1. The molecule has 1 fully saturated rings. The topological polar surface area (TPSA) is 80.3 Å². The summed E-state index contributed by atoms with van der Waals surface area (Å²) in [6.45, 7) is 1.23. The number of aromatic nitrogens is 1. The summed E-state index contributed by atoms with van der Waals surface area (Å²) in [5.41, 5.74) is -1.72. The highest BCUT2D eigenvalue weighted by molar-refractivity contribution is 6.31. The molecule has 2 aromatic rings. The molecule has 1 amide bonds. The summed E-state index contributed by atoms with van der Waals surface area (Å²) in [5.74, 6) is -1.80. The summed E-state index contributed by atoms with van der Waals surface area (Å²) in [7, 11) is 0. The first-order chi connectivity index (χ1) is 16.7. The predicted octanol–water partition coefficient (Wildman–Crippen LogP) is 5.74. The number of nitrogens with zero attached hydrogens (tertiary/aromatic N) is 1. The standard InChI is InChI=1S/C23H22ClF6N3O3/c1-13-2-3-18(16(6-13)23(28,29)30)33-14-7-17(24)19(31-10-14)11-32-20(35)21(4-5-36-12-21)8-15(34)9-22(25,26)27/h2-3,6-7,10,33H,4-5,8-9,11-12H2,1H3,(H,32,35)/t21-/m0/s1. The van der Waals surface area contributed by atoms with Crippen molar-refractivity contribution in [1.29, 1.82) is 0 Å². The molecule has 0 aliphatic carbocycles. The van der Waals surface area contributed by atoms with E-state index in [9.17, 15) is 35.9 Å². The van der Waals surface area contributed by atoms with E-state index in [1.54, 1.807) is 0 Å². The Hall–Kier alpha value is -2.86. The zero-order valence-electron chi connectivity index (χ0n) is 18.9. The first-order valence-electron chi connectivity index (χ1n) is 10.7. The second-order valence-electron chi connectivity index (χ2n) is 8.60. The molecule has 3 rings (SSSR count). The van der Waals surface area contributed by atoms with Crippen LogP contribution in [0.25, 0.3) is 0 Å². The van der Waals surface area contributed by atoms with Crippen LogP contribution in [-0.2, 0) is 27.0 Å². The molecule has 1 aromatic carbocycles. The number of ketones is 1. The lowest BCUT2D eigenvalue weighted by molar-refractivity contribution is -0.156. The minimum absolute atomic E-state index is 0.0332. The van der Waals surface area contributed by atoms with Crippen molar-refractivity contribution in [3.63, 3.8) is 0 Å². The van der Waals surface area contributed by atoms with Gasteiger partial charge in [0.1, 0.15) is 12.2 Å². The van der Waals surface area contributed by atoms with Gasteiger partial charge in [0.2, 0.25) is 5.91 Å². The molecule has 2 heterocycles. The van der Waals surface area contributed by atoms with Crippen molar-refractivity contribution in [1.82, 2.24) is 10.3 Å². The maximum atomic E-state index is 13.4. The highest BCUT2D eigenvalue weighted by Gasteiger charge is 2.45. The van der Waals surface area contributed by atoms with Crippen molar-refractivity contribution in [3.8, 4) is 0 Å². The molecule has 36 heavy (non-hydrogen) atoms. The van der Waals surface area contributed by atoms with Gasteiger partial charge in [0.05, 0.1) is 52.4 Å². The molecule has 1 saturated heterocycles. The minimum Gasteiger partial charge on any atom is -0.380 e. The number of anilines is 2. The van der Waals surface area contributed by atoms with E-state index < -0.39 is 47.9 Å². The Labute approximate surface area is 207 Å². The van der Waals surface area contributed by atoms with Crippen molar-refractivity contribution in [3.05, 3.63) is 52.3 Å². The number of carbonyl (C=O) groups is 2. The fraction of sp³-hybridized carbons (Fsp3) is 0.435. The van der Waals surface area contributed by atoms with Gasteiger partial charge >= 0.3 is 12.4 Å². The van der Waals surface area contributed by atoms with Crippen LogP contribution in [0.4, 0.5) is 37.7 Å². The van der Waals surface area contributed by atoms with Crippen molar-refractivity contribution in [2.24, 2.45) is 5.41 Å². The molecule has 0 radical (unpaired) electrons. The average molecular weight is 538 g/mol. The highest BCUT2D eigenvalue weighted by atomic mass is 35.5. The van der Waals surface area contributed by atoms with Crippen molar-refractivity contribution in [2.75, 3.05) is 18.5 Å². The largest absolute Gasteiger partial charge is 0.418 e. The monoisotopic (exact) mass is 537 g/mol. The van der Waals surface area contributed by atoms with Gasteiger partial charge in [-0.3, -0.25) is 14.6 Å². The van der Waals surface area contributed by atoms with E-state index in [-0.39, 0.29) is 48.3 Å². The van der Waals surface area contributed by atoms with Gasteiger partial charge in [-0.15, -0.1) is 0 Å². The van der Waals surface area contributed by atoms with Crippen LogP contribution in [-0.4, -0.2) is 36.1 Å². The molecule has 0 bridgehead atoms. The molecule has 13 heteroatoms. The van der Waals surface area contributed by atoms with E-state index in [4.69, 9.17) is 16.3 Å². The summed E-state index contributed by atoms with van der Waals surface area (Å²) in [6, 6.07) is 5.13. The van der Waals surface area contributed by atoms with Crippen LogP contribution in [0, 0.1) is 12.3 Å². The van der Waals surface area contributed by atoms with Gasteiger partial charge in [-0.05, 0) is 31.5 Å². The number of hydrogen-bond donors (Lipinski definition) is 2. The van der Waals surface area contributed by atoms with Crippen LogP contribution in [0.3, 0.4) is 0 Å². The second kappa shape index (κ2) is 10.6. The smallest absolute Gasteiger partial charge is 0.380 e. The van der Waals surface area contributed by atoms with Crippen LogP contribution in [0.5, 0.6) is 0 Å². The molecule has 1 atom stereocenters. The molecular weight excluding hydrogens is 516 g/mol. The van der Waals surface area contributed by atoms with Gasteiger partial charge in [-0.1, -0.05) is 23.2 Å². The predicted molar refractivity (Wildman–Crippen MR) is 119 cm³/mol. The summed E-state index contributed by atoms with van der Waals surface area (Å²) < 4.78 is 82.9. The van der Waals surface area contributed by atoms with Gasteiger partial charge in [0, 0.05) is 13.0 Å². The Balaban J connectivity index is 1.69. The Kier molecular flexibility index (Phi) is 8.19. The molecule has 6 nitrogen and oxygen atoms in total. The number of aryl methyl sites for hydroxylation is 1. The lowest BCUT2D eigenvalue weighted by Crippen LogP contribution is -2.43. The lowest BCUT2D eigenvalue weighted by Gasteiger charge is -2.25. The number of rotatable bonds is 8. The number of pyridine rings is 1. The number of halogens is 7. The molecule has 196 valence electrons. The summed E-state index contributed by atoms with van der Waals surface area (Å²) >= 11 is 6.21. The SMILES string of the molecule is Cc1ccc(Nc2cnc(CNC(=O)[C@]3(CC(=O)CC(F)(F)F)CCOC3)c(Cl)c2)c(C(F)(F)F)c1. The van der Waals surface area contributed by atoms with E-state index in [0.29, 0.717) is 5.56 Å². The number of nitrogens with one attached hydrogen (secondary N) is 2. The van der Waals surface area contributed by atoms with Gasteiger partial charge < -0.3 is 15.4 Å². The molecule has 1 aliphatic heterocycles. The number of benzene rings is 1. The minimum atomic E-state index is -4.68. The van der Waals surface area contributed by atoms with E-state index in [1.165, 1.54) is 31.3 Å². The van der Waals surface area contributed by atoms with Crippen LogP contribution in [0.1, 0.15) is 36.1 Å². The van der Waals surface area contributed by atoms with E-state index in [2.05, 4.69) is 15.6 Å². The number of hydrogen-bond acceptors (Lipinski definition) is 5. The number of carbonyl (C=O) groups excluding carboxylic acids is 2. The number of ether oxygens (including phenoxy) is 1. The van der Waals surface area contributed by atoms with E-state index in [1.807, 2.05) is 0 Å². The lowest BCUT2D eigenvalue weighted by atomic mass is 9.80. The van der Waals surface area contributed by atoms with Gasteiger partial charge in [0.15, 0.2) is 0 Å². The molecule has 2 N–H and O–H groups in total. The quantitative estimate of drug-likeness (QED) is 0.420. The fourth-order valence-electron chi connectivity index (χ4n) is 3.84. The van der Waals surface area contributed by atoms with Crippen LogP contribution in [0.15, 0.2) is 30.5 Å². The third-order valence-electron chi connectivity index (χ3n) is 5.61. The third-order valence-corrected chi connectivity index (χ3v) is 5.94. The average Bonchev–Trinajstić information content (AvgIpc) is 3.21. The maximum Gasteiger partial charge on any atom is 0.418 e. The van der Waals surface area contributed by atoms with E-state index >= 15 is 0 Å². The van der Waals surface area contributed by atoms with Gasteiger partial charge in [-0.2, -0.15) is 26.3 Å². The molecule has 0 unspecified atom stereocenters. The van der Waals surface area contributed by atoms with Gasteiger partial charge in [-0.25, -0.2) is 0 Å². The van der Waals surface area contributed by atoms with Gasteiger partial charge in [0.25, 0.3) is 0 Å². The summed E-state index contributed by atoms with van der Waals surface area (Å²) in [6.07, 6.45) is -10.2. The first-order valence-corrected chi connectivity index (χ1v) is 11.1. The molecule has 0 spiro atoms. The second-order valence-corrected chi connectivity index (χ2v) is 9.00. The number of Topliss-reactive ketones (excluding diaryl/α,β-unsaturated/α-hetero) is 1. The zero-order chi connectivity index (χ0) is 26.7. The summed E-state index contributed by atoms with van der Waals surface area (Å²) in [4.78, 5) is 28.8. The highest BCUT2D eigenvalue weighted by Crippen LogP contribution is 2.37. The van der Waals surface area contributed by atoms with Crippen molar-refractivity contribution < 1.29 is 40.7 Å². The summed E-state index contributed by atoms with van der Waals surface area (Å²) in [5, 5.41) is 5.19. The van der Waals surface area contributed by atoms with Crippen LogP contribution >= 0.6 is 11.6 Å². The van der Waals surface area contributed by atoms with E-state index in [0.717, 1.165) is 6.07 Å². The first kappa shape index (κ1) is 27.7. The Morgan fingerprint density at radius 3 is 2.47 bits per heavy atom. The molecule has 1 aromatic heterocycles. The Bertz CT molecular complexity index is 1130. The molecule has 0 saturated carbocycles. The maximum absolute atomic E-state index is 13.4. The van der Waals surface area contributed by atoms with Crippen molar-refractivity contribution in [2.45, 2.75) is 45.1 Å². The van der Waals surface area contributed by atoms with Crippen LogP contribution in [0.2, 0.25) is 5.02 Å². The number of alkyl halides is 6. The molecular formula is C23H22ClF6N3O3. The molecule has 1 aliphatic rings. The van der Waals surface area contributed by atoms with Crippen molar-refractivity contribution >= 4 is 34.7 Å². The van der Waals surface area contributed by atoms with Crippen LogP contribution < -0.4 is 10.6 Å². The normalized spacial score (nSPS) is 18.2. The Morgan fingerprint density at radius 2 is 1.89 bits per heavy atom. The zero-order valence-corrected chi connectivity index (χ0v) is 19.7. The Morgan fingerprint density at radius 1 is 1.17 bits per heavy atom. The fourth-order valence-corrected chi connectivity index (χ4v) is 4.08. The third kappa shape index (κ3) is 7.10.